The van der Waals surface area contributed by atoms with Gasteiger partial charge >= 0.3 is 0 Å². The van der Waals surface area contributed by atoms with E-state index in [1.165, 1.54) is 12.2 Å². The molecule has 0 spiro atoms. The van der Waals surface area contributed by atoms with Crippen molar-refractivity contribution in [3.8, 4) is 0 Å². The molecule has 0 atom stereocenters. The summed E-state index contributed by atoms with van der Waals surface area (Å²) < 4.78 is 0. The summed E-state index contributed by atoms with van der Waals surface area (Å²) >= 11 is 5.98. The molecule has 76 valence electrons. The van der Waals surface area contributed by atoms with Crippen LogP contribution in [0, 0.1) is 13.8 Å². The first-order chi connectivity index (χ1) is 7.02. The first-order valence-corrected chi connectivity index (χ1v) is 4.96. The molecule has 0 N–H and O–H groups in total. The summed E-state index contributed by atoms with van der Waals surface area (Å²) in [6, 6.07) is 1.72. The van der Waals surface area contributed by atoms with Crippen molar-refractivity contribution in [1.82, 2.24) is 0 Å². The molecule has 1 aliphatic carbocycles. The Morgan fingerprint density at radius 2 is 1.53 bits per heavy atom. The van der Waals surface area contributed by atoms with Crippen LogP contribution >= 0.6 is 11.6 Å². The molecule has 1 aliphatic rings. The first kappa shape index (κ1) is 10.1. The highest BCUT2D eigenvalue weighted by Crippen LogP contribution is 2.29. The number of halogens is 1. The molecule has 3 heteroatoms. The fourth-order valence-electron chi connectivity index (χ4n) is 1.82. The van der Waals surface area contributed by atoms with Gasteiger partial charge in [0.1, 0.15) is 0 Å². The van der Waals surface area contributed by atoms with Gasteiger partial charge in [-0.2, -0.15) is 0 Å². The average molecular weight is 221 g/mol. The summed E-state index contributed by atoms with van der Waals surface area (Å²) in [4.78, 5) is 23.3. The standard InChI is InChI=1S/C12H9ClO2/c1-6-5-8(13)7(2)12-10(15)4-3-9(14)11(6)12/h3-5H,1-2H3. The lowest BCUT2D eigenvalue weighted by molar-refractivity contribution is 0.0993. The van der Waals surface area contributed by atoms with Gasteiger partial charge in [0.2, 0.25) is 0 Å². The second-order valence-electron chi connectivity index (χ2n) is 3.61. The lowest BCUT2D eigenvalue weighted by atomic mass is 9.88. The molecule has 0 amide bonds. The van der Waals surface area contributed by atoms with Gasteiger partial charge in [-0.05, 0) is 43.2 Å². The minimum atomic E-state index is -0.146. The van der Waals surface area contributed by atoms with E-state index in [4.69, 9.17) is 11.6 Å². The van der Waals surface area contributed by atoms with Crippen LogP contribution in [0.2, 0.25) is 5.02 Å². The highest BCUT2D eigenvalue weighted by atomic mass is 35.5. The fraction of sp³-hybridized carbons (Fsp3) is 0.167. The molecule has 2 rings (SSSR count). The Kier molecular flexibility index (Phi) is 2.24. The molecule has 0 saturated carbocycles. The molecule has 0 bridgehead atoms. The van der Waals surface area contributed by atoms with Crippen LogP contribution in [0.5, 0.6) is 0 Å². The highest BCUT2D eigenvalue weighted by molar-refractivity contribution is 6.33. The van der Waals surface area contributed by atoms with Crippen molar-refractivity contribution >= 4 is 23.2 Å². The van der Waals surface area contributed by atoms with Gasteiger partial charge in [0.25, 0.3) is 0 Å². The average Bonchev–Trinajstić information content (AvgIpc) is 2.18. The van der Waals surface area contributed by atoms with E-state index >= 15 is 0 Å². The number of ketones is 2. The Hall–Kier alpha value is -1.41. The highest BCUT2D eigenvalue weighted by Gasteiger charge is 2.24. The molecule has 1 aromatic rings. The predicted molar refractivity (Wildman–Crippen MR) is 58.7 cm³/mol. The van der Waals surface area contributed by atoms with E-state index in [1.807, 2.05) is 0 Å². The van der Waals surface area contributed by atoms with E-state index in [1.54, 1.807) is 19.9 Å². The lowest BCUT2D eigenvalue weighted by Crippen LogP contribution is -2.15. The van der Waals surface area contributed by atoms with Crippen LogP contribution in [0.1, 0.15) is 31.8 Å². The summed E-state index contributed by atoms with van der Waals surface area (Å²) in [7, 11) is 0. The van der Waals surface area contributed by atoms with Crippen molar-refractivity contribution in [2.45, 2.75) is 13.8 Å². The van der Waals surface area contributed by atoms with Crippen molar-refractivity contribution in [3.05, 3.63) is 45.5 Å². The van der Waals surface area contributed by atoms with Crippen molar-refractivity contribution in [2.75, 3.05) is 0 Å². The second-order valence-corrected chi connectivity index (χ2v) is 4.02. The Morgan fingerprint density at radius 1 is 1.00 bits per heavy atom. The number of carbonyl (C=O) groups is 2. The number of rotatable bonds is 0. The number of fused-ring (bicyclic) bond motifs is 1. The Morgan fingerprint density at radius 3 is 2.13 bits per heavy atom. The van der Waals surface area contributed by atoms with Gasteiger partial charge in [0.15, 0.2) is 11.6 Å². The van der Waals surface area contributed by atoms with Gasteiger partial charge in [-0.25, -0.2) is 0 Å². The van der Waals surface area contributed by atoms with Crippen LogP contribution in [-0.2, 0) is 0 Å². The van der Waals surface area contributed by atoms with Crippen LogP contribution in [0.25, 0.3) is 0 Å². The van der Waals surface area contributed by atoms with E-state index in [0.29, 0.717) is 21.7 Å². The van der Waals surface area contributed by atoms with E-state index in [0.717, 1.165) is 5.56 Å². The van der Waals surface area contributed by atoms with Crippen LogP contribution in [0.3, 0.4) is 0 Å². The molecule has 1 aromatic carbocycles. The summed E-state index contributed by atoms with van der Waals surface area (Å²) in [6.07, 6.45) is 2.61. The second kappa shape index (κ2) is 3.31. The largest absolute Gasteiger partial charge is 0.289 e. The fourth-order valence-corrected chi connectivity index (χ4v) is 2.08. The Bertz CT molecular complexity index is 513. The molecule has 15 heavy (non-hydrogen) atoms. The van der Waals surface area contributed by atoms with Crippen LogP contribution in [0.15, 0.2) is 18.2 Å². The summed E-state index contributed by atoms with van der Waals surface area (Å²) in [5, 5.41) is 0.530. The Balaban J connectivity index is 2.87. The van der Waals surface area contributed by atoms with Crippen molar-refractivity contribution in [2.24, 2.45) is 0 Å². The van der Waals surface area contributed by atoms with Gasteiger partial charge in [-0.3, -0.25) is 9.59 Å². The molecule has 0 saturated heterocycles. The molecular formula is C12H9ClO2. The zero-order chi connectivity index (χ0) is 11.2. The molecule has 0 unspecified atom stereocenters. The van der Waals surface area contributed by atoms with Crippen molar-refractivity contribution in [3.63, 3.8) is 0 Å². The number of aryl methyl sites for hydroxylation is 1. The maximum Gasteiger partial charge on any atom is 0.187 e. The zero-order valence-electron chi connectivity index (χ0n) is 8.43. The smallest absolute Gasteiger partial charge is 0.187 e. The molecule has 0 aromatic heterocycles. The van der Waals surface area contributed by atoms with Gasteiger partial charge in [0, 0.05) is 16.1 Å². The normalized spacial score (nSPS) is 14.3. The number of hydrogen-bond donors (Lipinski definition) is 0. The third kappa shape index (κ3) is 1.41. The SMILES string of the molecule is Cc1cc(Cl)c(C)c2c1C(=O)C=CC2=O. The molecule has 0 heterocycles. The number of benzene rings is 1. The van der Waals surface area contributed by atoms with E-state index in [2.05, 4.69) is 0 Å². The number of carbonyl (C=O) groups excluding carboxylic acids is 2. The predicted octanol–water partition coefficient (Wildman–Crippen LogP) is 2.89. The third-order valence-corrected chi connectivity index (χ3v) is 2.99. The van der Waals surface area contributed by atoms with Crippen molar-refractivity contribution < 1.29 is 9.59 Å². The minimum Gasteiger partial charge on any atom is -0.289 e. The molecule has 0 fully saturated rings. The molecule has 0 radical (unpaired) electrons. The topological polar surface area (TPSA) is 34.1 Å². The maximum absolute atomic E-state index is 11.7. The van der Waals surface area contributed by atoms with E-state index < -0.39 is 0 Å². The van der Waals surface area contributed by atoms with E-state index in [9.17, 15) is 9.59 Å². The molecule has 0 aliphatic heterocycles. The quantitative estimate of drug-likeness (QED) is 0.674. The van der Waals surface area contributed by atoms with Crippen LogP contribution in [0.4, 0.5) is 0 Å². The molecular weight excluding hydrogens is 212 g/mol. The number of hydrogen-bond acceptors (Lipinski definition) is 2. The summed E-state index contributed by atoms with van der Waals surface area (Å²) in [6.45, 7) is 3.54. The minimum absolute atomic E-state index is 0.123. The summed E-state index contributed by atoms with van der Waals surface area (Å²) in [5.74, 6) is -0.269. The maximum atomic E-state index is 11.7. The molecule has 2 nitrogen and oxygen atoms in total. The van der Waals surface area contributed by atoms with Gasteiger partial charge in [-0.15, -0.1) is 0 Å². The van der Waals surface area contributed by atoms with Crippen molar-refractivity contribution in [1.29, 1.82) is 0 Å². The van der Waals surface area contributed by atoms with Gasteiger partial charge in [0.05, 0.1) is 0 Å². The third-order valence-electron chi connectivity index (χ3n) is 2.60. The zero-order valence-corrected chi connectivity index (χ0v) is 9.18. The summed E-state index contributed by atoms with van der Waals surface area (Å²) in [5.41, 5.74) is 2.38. The van der Waals surface area contributed by atoms with E-state index in [-0.39, 0.29) is 11.6 Å². The van der Waals surface area contributed by atoms with Gasteiger partial charge < -0.3 is 0 Å². The van der Waals surface area contributed by atoms with Crippen LogP contribution in [-0.4, -0.2) is 11.6 Å². The number of allylic oxidation sites excluding steroid dienone is 2. The monoisotopic (exact) mass is 220 g/mol. The first-order valence-electron chi connectivity index (χ1n) is 4.59. The van der Waals surface area contributed by atoms with Crippen LogP contribution < -0.4 is 0 Å². The lowest BCUT2D eigenvalue weighted by Gasteiger charge is -2.15. The Labute approximate surface area is 92.6 Å². The van der Waals surface area contributed by atoms with Gasteiger partial charge in [-0.1, -0.05) is 11.6 Å².